The lowest BCUT2D eigenvalue weighted by Gasteiger charge is -2.09. The second kappa shape index (κ2) is 11.7. The number of ketones is 1. The lowest BCUT2D eigenvalue weighted by molar-refractivity contribution is -0.143. The molecule has 0 saturated carbocycles. The molecule has 180 valence electrons. The Kier molecular flexibility index (Phi) is 8.51. The van der Waals surface area contributed by atoms with E-state index in [2.05, 4.69) is 5.32 Å². The first-order chi connectivity index (χ1) is 16.7. The summed E-state index contributed by atoms with van der Waals surface area (Å²) in [6, 6.07) is 18.6. The number of nitrogens with one attached hydrogen (secondary N) is 1. The van der Waals surface area contributed by atoms with Crippen LogP contribution in [0.2, 0.25) is 0 Å². The van der Waals surface area contributed by atoms with Crippen molar-refractivity contribution in [2.45, 2.75) is 33.6 Å². The molecule has 1 amide bonds. The van der Waals surface area contributed by atoms with Crippen LogP contribution in [-0.4, -0.2) is 30.2 Å². The van der Waals surface area contributed by atoms with Crippen molar-refractivity contribution in [2.75, 3.05) is 11.9 Å². The van der Waals surface area contributed by atoms with Gasteiger partial charge in [-0.15, -0.1) is 0 Å². The predicted octanol–water partition coefficient (Wildman–Crippen LogP) is 4.98. The third-order valence-corrected chi connectivity index (χ3v) is 5.25. The van der Waals surface area contributed by atoms with Crippen LogP contribution >= 0.6 is 0 Å². The maximum Gasteiger partial charge on any atom is 0.343 e. The number of aryl methyl sites for hydroxylation is 3. The van der Waals surface area contributed by atoms with Crippen LogP contribution in [0.1, 0.15) is 50.2 Å². The second-order valence-electron chi connectivity index (χ2n) is 8.23. The molecule has 3 aromatic rings. The first-order valence-corrected chi connectivity index (χ1v) is 11.2. The Morgan fingerprint density at radius 1 is 0.743 bits per heavy atom. The number of hydrogen-bond donors (Lipinski definition) is 1. The minimum Gasteiger partial charge on any atom is -0.457 e. The molecule has 7 heteroatoms. The van der Waals surface area contributed by atoms with Gasteiger partial charge in [-0.2, -0.15) is 0 Å². The first kappa shape index (κ1) is 25.4. The van der Waals surface area contributed by atoms with Gasteiger partial charge in [0.25, 0.3) is 0 Å². The Morgan fingerprint density at radius 3 is 2.03 bits per heavy atom. The number of esters is 2. The highest BCUT2D eigenvalue weighted by Gasteiger charge is 2.14. The average molecular weight is 474 g/mol. The molecular weight excluding hydrogens is 446 g/mol. The third kappa shape index (κ3) is 7.64. The van der Waals surface area contributed by atoms with E-state index in [1.165, 1.54) is 24.3 Å². The number of benzene rings is 3. The molecular formula is C28H27NO6. The fraction of sp³-hybridized carbons (Fsp3) is 0.214. The number of amides is 1. The molecule has 0 aliphatic rings. The summed E-state index contributed by atoms with van der Waals surface area (Å²) in [5.41, 5.74) is 4.47. The number of anilines is 1. The molecule has 0 radical (unpaired) electrons. The normalized spacial score (nSPS) is 10.4. The number of rotatable bonds is 9. The summed E-state index contributed by atoms with van der Waals surface area (Å²) >= 11 is 0. The summed E-state index contributed by atoms with van der Waals surface area (Å²) in [6.07, 6.45) is -0.195. The maximum absolute atomic E-state index is 12.3. The lowest BCUT2D eigenvalue weighted by atomic mass is 10.1. The van der Waals surface area contributed by atoms with Crippen molar-refractivity contribution in [1.29, 1.82) is 0 Å². The summed E-state index contributed by atoms with van der Waals surface area (Å²) in [5, 5.41) is 2.77. The van der Waals surface area contributed by atoms with Gasteiger partial charge in [0.15, 0.2) is 12.4 Å². The van der Waals surface area contributed by atoms with E-state index in [0.29, 0.717) is 22.6 Å². The number of ether oxygens (including phenoxy) is 2. The molecule has 0 spiro atoms. The van der Waals surface area contributed by atoms with Crippen LogP contribution in [0.4, 0.5) is 5.69 Å². The van der Waals surface area contributed by atoms with Gasteiger partial charge in [-0.25, -0.2) is 4.79 Å². The van der Waals surface area contributed by atoms with E-state index in [0.717, 1.165) is 16.7 Å². The minimum atomic E-state index is -0.641. The monoisotopic (exact) mass is 473 g/mol. The SMILES string of the molecule is Cc1ccc(C(=O)Oc2ccc(C(=O)COC(=O)CCC(=O)Nc3ccc(C)cc3C)cc2)cc1. The zero-order valence-corrected chi connectivity index (χ0v) is 19.9. The van der Waals surface area contributed by atoms with E-state index >= 15 is 0 Å². The predicted molar refractivity (Wildman–Crippen MR) is 132 cm³/mol. The van der Waals surface area contributed by atoms with Gasteiger partial charge in [0.05, 0.1) is 12.0 Å². The van der Waals surface area contributed by atoms with Crippen molar-refractivity contribution in [1.82, 2.24) is 0 Å². The van der Waals surface area contributed by atoms with E-state index in [4.69, 9.17) is 9.47 Å². The van der Waals surface area contributed by atoms with Gasteiger partial charge in [0.2, 0.25) is 5.91 Å². The van der Waals surface area contributed by atoms with Gasteiger partial charge in [-0.05, 0) is 68.8 Å². The average Bonchev–Trinajstić information content (AvgIpc) is 2.84. The topological polar surface area (TPSA) is 98.8 Å². The van der Waals surface area contributed by atoms with Crippen molar-refractivity contribution in [3.8, 4) is 5.75 Å². The van der Waals surface area contributed by atoms with Crippen LogP contribution in [0, 0.1) is 20.8 Å². The van der Waals surface area contributed by atoms with Crippen molar-refractivity contribution < 1.29 is 28.7 Å². The Hall–Kier alpha value is -4.26. The Balaban J connectivity index is 1.42. The van der Waals surface area contributed by atoms with Crippen molar-refractivity contribution in [3.63, 3.8) is 0 Å². The molecule has 35 heavy (non-hydrogen) atoms. The van der Waals surface area contributed by atoms with Crippen molar-refractivity contribution in [3.05, 3.63) is 94.5 Å². The molecule has 0 fully saturated rings. The smallest absolute Gasteiger partial charge is 0.343 e. The molecule has 0 aliphatic carbocycles. The van der Waals surface area contributed by atoms with Gasteiger partial charge in [-0.1, -0.05) is 35.4 Å². The number of Topliss-reactive ketones (excluding diaryl/α,β-unsaturated/α-hetero) is 1. The zero-order valence-electron chi connectivity index (χ0n) is 19.9. The molecule has 0 bridgehead atoms. The van der Waals surface area contributed by atoms with E-state index < -0.39 is 24.3 Å². The molecule has 1 N–H and O–H groups in total. The Bertz CT molecular complexity index is 1230. The van der Waals surface area contributed by atoms with Gasteiger partial charge in [0.1, 0.15) is 5.75 Å². The van der Waals surface area contributed by atoms with Gasteiger partial charge < -0.3 is 14.8 Å². The Labute approximate surface area is 204 Å². The standard InChI is InChI=1S/C28H27NO6/c1-18-4-7-22(8-5-18)28(33)35-23-11-9-21(10-12-23)25(30)17-34-27(32)15-14-26(31)29-24-13-6-19(2)16-20(24)3/h4-13,16H,14-15,17H2,1-3H3,(H,29,31). The second-order valence-corrected chi connectivity index (χ2v) is 8.23. The highest BCUT2D eigenvalue weighted by atomic mass is 16.5. The molecule has 0 unspecified atom stereocenters. The highest BCUT2D eigenvalue weighted by molar-refractivity contribution is 5.98. The summed E-state index contributed by atoms with van der Waals surface area (Å²) in [7, 11) is 0. The van der Waals surface area contributed by atoms with Crippen LogP contribution in [0.25, 0.3) is 0 Å². The van der Waals surface area contributed by atoms with Crippen LogP contribution in [-0.2, 0) is 14.3 Å². The van der Waals surface area contributed by atoms with Crippen molar-refractivity contribution in [2.24, 2.45) is 0 Å². The number of carbonyl (C=O) groups excluding carboxylic acids is 4. The van der Waals surface area contributed by atoms with Crippen molar-refractivity contribution >= 4 is 29.3 Å². The highest BCUT2D eigenvalue weighted by Crippen LogP contribution is 2.17. The summed E-state index contributed by atoms with van der Waals surface area (Å²) in [5.74, 6) is -1.57. The molecule has 0 aromatic heterocycles. The fourth-order valence-electron chi connectivity index (χ4n) is 3.25. The minimum absolute atomic E-state index is 0.0542. The summed E-state index contributed by atoms with van der Waals surface area (Å²) < 4.78 is 10.3. The molecule has 3 rings (SSSR count). The Morgan fingerprint density at radius 2 is 1.37 bits per heavy atom. The summed E-state index contributed by atoms with van der Waals surface area (Å²) in [4.78, 5) is 48.6. The fourth-order valence-corrected chi connectivity index (χ4v) is 3.25. The lowest BCUT2D eigenvalue weighted by Crippen LogP contribution is -2.17. The molecule has 0 atom stereocenters. The van der Waals surface area contributed by atoms with E-state index in [1.807, 2.05) is 51.1 Å². The zero-order chi connectivity index (χ0) is 25.4. The number of carbonyl (C=O) groups is 4. The van der Waals surface area contributed by atoms with Crippen LogP contribution in [0.15, 0.2) is 66.7 Å². The van der Waals surface area contributed by atoms with E-state index in [-0.39, 0.29) is 18.7 Å². The van der Waals surface area contributed by atoms with Crippen LogP contribution in [0.3, 0.4) is 0 Å². The van der Waals surface area contributed by atoms with Gasteiger partial charge in [-0.3, -0.25) is 14.4 Å². The van der Waals surface area contributed by atoms with E-state index in [9.17, 15) is 19.2 Å². The summed E-state index contributed by atoms with van der Waals surface area (Å²) in [6.45, 7) is 5.33. The molecule has 3 aromatic carbocycles. The van der Waals surface area contributed by atoms with Gasteiger partial charge >= 0.3 is 11.9 Å². The van der Waals surface area contributed by atoms with E-state index in [1.54, 1.807) is 12.1 Å². The third-order valence-electron chi connectivity index (χ3n) is 5.25. The number of hydrogen-bond acceptors (Lipinski definition) is 6. The largest absolute Gasteiger partial charge is 0.457 e. The maximum atomic E-state index is 12.3. The molecule has 0 heterocycles. The first-order valence-electron chi connectivity index (χ1n) is 11.2. The molecule has 0 aliphatic heterocycles. The van der Waals surface area contributed by atoms with Crippen LogP contribution < -0.4 is 10.1 Å². The van der Waals surface area contributed by atoms with Crippen LogP contribution in [0.5, 0.6) is 5.75 Å². The quantitative estimate of drug-likeness (QED) is 0.267. The molecule has 7 nitrogen and oxygen atoms in total. The van der Waals surface area contributed by atoms with Gasteiger partial charge in [0, 0.05) is 17.7 Å². The molecule has 0 saturated heterocycles.